The lowest BCUT2D eigenvalue weighted by Crippen LogP contribution is -2.54. The quantitative estimate of drug-likeness (QED) is 0.664. The summed E-state index contributed by atoms with van der Waals surface area (Å²) in [6, 6.07) is 1.58. The van der Waals surface area contributed by atoms with Crippen LogP contribution >= 0.6 is 0 Å². The zero-order valence-corrected chi connectivity index (χ0v) is 17.2. The van der Waals surface area contributed by atoms with Crippen molar-refractivity contribution < 1.29 is 32.3 Å². The lowest BCUT2D eigenvalue weighted by atomic mass is 9.88. The molecule has 4 amide bonds. The Morgan fingerprint density at radius 1 is 1.06 bits per heavy atom. The smallest absolute Gasteiger partial charge is 0.330 e. The van der Waals surface area contributed by atoms with Crippen LogP contribution in [0.4, 0.5) is 13.2 Å². The van der Waals surface area contributed by atoms with Gasteiger partial charge in [0.05, 0.1) is 11.1 Å². The van der Waals surface area contributed by atoms with Gasteiger partial charge in [-0.1, -0.05) is 6.07 Å². The predicted octanol–water partition coefficient (Wildman–Crippen LogP) is 1.19. The minimum atomic E-state index is -4.43. The number of alkyl halides is 3. The SMILES string of the molecule is NC[C@@H]1CCCN(Cc2ccc3c(c2)C(=O)N(C2CCC(=O)NC2=O)C3=O)[C@@H]1C(F)(F)F. The zero-order valence-electron chi connectivity index (χ0n) is 17.2. The molecule has 3 aliphatic rings. The first kappa shape index (κ1) is 22.4. The van der Waals surface area contributed by atoms with E-state index in [0.717, 1.165) is 4.90 Å². The first-order valence-corrected chi connectivity index (χ1v) is 10.5. The molecular weight excluding hydrogens is 429 g/mol. The Balaban J connectivity index is 1.57. The molecule has 8 nitrogen and oxygen atoms in total. The maximum Gasteiger partial charge on any atom is 0.404 e. The molecule has 1 aromatic carbocycles. The number of rotatable bonds is 4. The summed E-state index contributed by atoms with van der Waals surface area (Å²) < 4.78 is 41.2. The van der Waals surface area contributed by atoms with Crippen molar-refractivity contribution in [1.29, 1.82) is 0 Å². The van der Waals surface area contributed by atoms with Crippen molar-refractivity contribution in [2.45, 2.75) is 50.5 Å². The number of hydrogen-bond donors (Lipinski definition) is 2. The molecule has 11 heteroatoms. The van der Waals surface area contributed by atoms with Crippen LogP contribution in [0.3, 0.4) is 0 Å². The standard InChI is InChI=1S/C21H23F3N4O4/c22-21(23,24)17-12(9-25)2-1-7-27(17)10-11-3-4-13-14(8-11)20(32)28(19(13)31)15-5-6-16(29)26-18(15)30/h3-4,8,12,15,17H,1-2,5-7,9-10,25H2,(H,26,29,30)/t12-,15?,17-/m0/s1. The van der Waals surface area contributed by atoms with Crippen LogP contribution in [0.25, 0.3) is 0 Å². The van der Waals surface area contributed by atoms with Crippen molar-refractivity contribution in [2.24, 2.45) is 11.7 Å². The van der Waals surface area contributed by atoms with Gasteiger partial charge in [-0.05, 0) is 56.0 Å². The number of likely N-dealkylation sites (tertiary alicyclic amines) is 1. The molecule has 0 radical (unpaired) electrons. The van der Waals surface area contributed by atoms with Gasteiger partial charge >= 0.3 is 6.18 Å². The molecule has 32 heavy (non-hydrogen) atoms. The molecule has 1 aromatic rings. The second-order valence-corrected chi connectivity index (χ2v) is 8.42. The maximum absolute atomic E-state index is 13.7. The summed E-state index contributed by atoms with van der Waals surface area (Å²) in [4.78, 5) is 51.4. The highest BCUT2D eigenvalue weighted by molar-refractivity contribution is 6.23. The van der Waals surface area contributed by atoms with Crippen LogP contribution in [-0.4, -0.2) is 64.8 Å². The van der Waals surface area contributed by atoms with Gasteiger partial charge in [0, 0.05) is 13.0 Å². The molecule has 0 spiro atoms. The van der Waals surface area contributed by atoms with Crippen molar-refractivity contribution >= 4 is 23.6 Å². The molecule has 0 aliphatic carbocycles. The number of hydrogen-bond acceptors (Lipinski definition) is 6. The van der Waals surface area contributed by atoms with E-state index in [2.05, 4.69) is 5.32 Å². The van der Waals surface area contributed by atoms with E-state index < -0.39 is 47.8 Å². The number of nitrogens with two attached hydrogens (primary N) is 1. The van der Waals surface area contributed by atoms with Gasteiger partial charge in [0.15, 0.2) is 0 Å². The van der Waals surface area contributed by atoms with Crippen molar-refractivity contribution in [3.8, 4) is 0 Å². The van der Waals surface area contributed by atoms with E-state index in [9.17, 15) is 32.3 Å². The average molecular weight is 452 g/mol. The largest absolute Gasteiger partial charge is 0.404 e. The van der Waals surface area contributed by atoms with Crippen LogP contribution in [0.15, 0.2) is 18.2 Å². The first-order chi connectivity index (χ1) is 15.1. The van der Waals surface area contributed by atoms with Crippen molar-refractivity contribution in [3.05, 3.63) is 34.9 Å². The minimum absolute atomic E-state index is 0.00512. The summed E-state index contributed by atoms with van der Waals surface area (Å²) in [6.45, 7) is 0.125. The number of benzene rings is 1. The average Bonchev–Trinajstić information content (AvgIpc) is 2.97. The van der Waals surface area contributed by atoms with Crippen molar-refractivity contribution in [3.63, 3.8) is 0 Å². The predicted molar refractivity (Wildman–Crippen MR) is 105 cm³/mol. The third-order valence-corrected chi connectivity index (χ3v) is 6.39. The van der Waals surface area contributed by atoms with E-state index in [1.54, 1.807) is 0 Å². The van der Waals surface area contributed by atoms with Gasteiger partial charge in [0.25, 0.3) is 11.8 Å². The molecule has 3 atom stereocenters. The minimum Gasteiger partial charge on any atom is -0.330 e. The third-order valence-electron chi connectivity index (χ3n) is 6.39. The molecule has 3 N–H and O–H groups in total. The second kappa shape index (κ2) is 8.28. The maximum atomic E-state index is 13.7. The molecule has 3 heterocycles. The van der Waals surface area contributed by atoms with Crippen molar-refractivity contribution in [1.82, 2.24) is 15.1 Å². The number of halogens is 3. The first-order valence-electron chi connectivity index (χ1n) is 10.5. The molecule has 2 fully saturated rings. The van der Waals surface area contributed by atoms with Crippen LogP contribution < -0.4 is 11.1 Å². The van der Waals surface area contributed by atoms with E-state index in [4.69, 9.17) is 5.73 Å². The second-order valence-electron chi connectivity index (χ2n) is 8.42. The molecule has 2 saturated heterocycles. The fourth-order valence-electron chi connectivity index (χ4n) is 4.90. The van der Waals surface area contributed by atoms with Gasteiger partial charge in [0.2, 0.25) is 11.8 Å². The van der Waals surface area contributed by atoms with Gasteiger partial charge in [-0.15, -0.1) is 0 Å². The summed E-state index contributed by atoms with van der Waals surface area (Å²) in [7, 11) is 0. The van der Waals surface area contributed by atoms with Crippen molar-refractivity contribution in [2.75, 3.05) is 13.1 Å². The van der Waals surface area contributed by atoms with E-state index in [1.165, 1.54) is 23.1 Å². The lowest BCUT2D eigenvalue weighted by molar-refractivity contribution is -0.206. The number of nitrogens with one attached hydrogen (secondary N) is 1. The number of carbonyl (C=O) groups is 4. The van der Waals surface area contributed by atoms with Gasteiger partial charge in [-0.25, -0.2) is 0 Å². The van der Waals surface area contributed by atoms with Gasteiger partial charge in [-0.2, -0.15) is 13.2 Å². The topological polar surface area (TPSA) is 113 Å². The molecule has 4 rings (SSSR count). The molecule has 0 saturated carbocycles. The van der Waals surface area contributed by atoms with Crippen LogP contribution in [-0.2, 0) is 16.1 Å². The number of nitrogens with zero attached hydrogens (tertiary/aromatic N) is 2. The fourth-order valence-corrected chi connectivity index (χ4v) is 4.90. The zero-order chi connectivity index (χ0) is 23.2. The van der Waals surface area contributed by atoms with E-state index in [0.29, 0.717) is 18.4 Å². The molecule has 1 unspecified atom stereocenters. The summed E-state index contributed by atoms with van der Waals surface area (Å²) in [6.07, 6.45) is -3.42. The van der Waals surface area contributed by atoms with Crippen LogP contribution in [0.2, 0.25) is 0 Å². The highest BCUT2D eigenvalue weighted by Gasteiger charge is 2.49. The summed E-state index contributed by atoms with van der Waals surface area (Å²) in [5.74, 6) is -3.23. The summed E-state index contributed by atoms with van der Waals surface area (Å²) in [5, 5.41) is 2.12. The van der Waals surface area contributed by atoms with Gasteiger partial charge < -0.3 is 5.73 Å². The summed E-state index contributed by atoms with van der Waals surface area (Å²) >= 11 is 0. The molecule has 3 aliphatic heterocycles. The van der Waals surface area contributed by atoms with E-state index in [1.807, 2.05) is 0 Å². The Kier molecular flexibility index (Phi) is 5.80. The highest BCUT2D eigenvalue weighted by atomic mass is 19.4. The van der Waals surface area contributed by atoms with Gasteiger partial charge in [-0.3, -0.25) is 34.3 Å². The van der Waals surface area contributed by atoms with Crippen LogP contribution in [0.5, 0.6) is 0 Å². The Morgan fingerprint density at radius 3 is 2.44 bits per heavy atom. The van der Waals surface area contributed by atoms with Crippen LogP contribution in [0.1, 0.15) is 52.0 Å². The monoisotopic (exact) mass is 452 g/mol. The van der Waals surface area contributed by atoms with E-state index in [-0.39, 0.29) is 43.6 Å². The third kappa shape index (κ3) is 3.90. The number of carbonyl (C=O) groups excluding carboxylic acids is 4. The number of imide groups is 2. The highest BCUT2D eigenvalue weighted by Crippen LogP contribution is 2.37. The number of fused-ring (bicyclic) bond motifs is 1. The Bertz CT molecular complexity index is 980. The molecule has 172 valence electrons. The Hall–Kier alpha value is -2.79. The Labute approximate surface area is 181 Å². The van der Waals surface area contributed by atoms with Gasteiger partial charge in [0.1, 0.15) is 12.1 Å². The lowest BCUT2D eigenvalue weighted by Gasteiger charge is -2.41. The molecule has 0 aromatic heterocycles. The molecule has 0 bridgehead atoms. The Morgan fingerprint density at radius 2 is 1.78 bits per heavy atom. The van der Waals surface area contributed by atoms with Crippen LogP contribution in [0, 0.1) is 5.92 Å². The fraction of sp³-hybridized carbons (Fsp3) is 0.524. The molecular formula is C21H23F3N4O4. The number of piperidine rings is 2. The normalized spacial score (nSPS) is 27.0. The van der Waals surface area contributed by atoms with E-state index >= 15 is 0 Å². The summed E-state index contributed by atoms with van der Waals surface area (Å²) in [5.41, 5.74) is 6.19. The number of amides is 4.